The van der Waals surface area contributed by atoms with Crippen LogP contribution in [0.1, 0.15) is 0 Å². The predicted octanol–water partition coefficient (Wildman–Crippen LogP) is 1.22. The van der Waals surface area contributed by atoms with Gasteiger partial charge in [0.15, 0.2) is 0 Å². The van der Waals surface area contributed by atoms with E-state index in [4.69, 9.17) is 16.3 Å². The molecule has 21 heavy (non-hydrogen) atoms. The van der Waals surface area contributed by atoms with Gasteiger partial charge < -0.3 is 19.9 Å². The van der Waals surface area contributed by atoms with Crippen molar-refractivity contribution in [2.75, 3.05) is 62.3 Å². The van der Waals surface area contributed by atoms with Crippen LogP contribution in [0.3, 0.4) is 0 Å². The second-order valence-corrected chi connectivity index (χ2v) is 5.07. The number of nitrogens with zero attached hydrogens (tertiary/aromatic N) is 4. The van der Waals surface area contributed by atoms with Crippen LogP contribution in [0.5, 0.6) is 0 Å². The van der Waals surface area contributed by atoms with Crippen molar-refractivity contribution in [3.8, 4) is 0 Å². The smallest absolute Gasteiger partial charge is 0.228 e. The Morgan fingerprint density at radius 2 is 1.67 bits per heavy atom. The highest BCUT2D eigenvalue weighted by molar-refractivity contribution is 6.29. The molecule has 2 aliphatic heterocycles. The Bertz CT molecular complexity index is 403. The molecular weight excluding hydrogens is 337 g/mol. The van der Waals surface area contributed by atoms with E-state index in [9.17, 15) is 0 Å². The highest BCUT2D eigenvalue weighted by Gasteiger charge is 2.18. The Hall–Kier alpha value is -0.530. The van der Waals surface area contributed by atoms with E-state index in [2.05, 4.69) is 25.1 Å². The van der Waals surface area contributed by atoms with Gasteiger partial charge in [-0.2, -0.15) is 4.98 Å². The van der Waals surface area contributed by atoms with E-state index >= 15 is 0 Å². The fraction of sp³-hybridized carbons (Fsp3) is 0.667. The number of piperazine rings is 1. The van der Waals surface area contributed by atoms with Crippen LogP contribution >= 0.6 is 36.4 Å². The summed E-state index contributed by atoms with van der Waals surface area (Å²) in [6, 6.07) is 1.84. The zero-order chi connectivity index (χ0) is 13.1. The van der Waals surface area contributed by atoms with Gasteiger partial charge in [-0.05, 0) is 0 Å². The quantitative estimate of drug-likeness (QED) is 0.804. The molecule has 0 aliphatic carbocycles. The lowest BCUT2D eigenvalue weighted by Gasteiger charge is -2.31. The van der Waals surface area contributed by atoms with Crippen LogP contribution in [-0.4, -0.2) is 62.5 Å². The number of halogens is 3. The van der Waals surface area contributed by atoms with Crippen molar-refractivity contribution in [2.45, 2.75) is 0 Å². The molecule has 2 fully saturated rings. The molecule has 9 heteroatoms. The molecule has 0 saturated carbocycles. The van der Waals surface area contributed by atoms with Crippen LogP contribution in [0.4, 0.5) is 11.8 Å². The number of nitrogens with one attached hydrogen (secondary N) is 1. The molecule has 1 aromatic rings. The van der Waals surface area contributed by atoms with Gasteiger partial charge in [-0.3, -0.25) is 0 Å². The van der Waals surface area contributed by atoms with Gasteiger partial charge in [-0.25, -0.2) is 4.98 Å². The summed E-state index contributed by atoms with van der Waals surface area (Å²) in [7, 11) is 0. The van der Waals surface area contributed by atoms with Gasteiger partial charge in [-0.1, -0.05) is 11.6 Å². The number of hydrogen-bond acceptors (Lipinski definition) is 6. The number of aromatic nitrogens is 2. The first-order valence-corrected chi connectivity index (χ1v) is 7.04. The van der Waals surface area contributed by atoms with Gasteiger partial charge in [0.05, 0.1) is 13.2 Å². The highest BCUT2D eigenvalue weighted by atomic mass is 35.5. The van der Waals surface area contributed by atoms with Crippen molar-refractivity contribution in [1.82, 2.24) is 15.3 Å². The standard InChI is InChI=1S/C12H18ClN5O.2ClH/c13-10-9-11(17-3-1-14-2-4-17)16-12(15-10)18-5-7-19-8-6-18;;/h9,14H,1-8H2;2*1H. The van der Waals surface area contributed by atoms with Gasteiger partial charge in [0.1, 0.15) is 11.0 Å². The summed E-state index contributed by atoms with van der Waals surface area (Å²) in [5.41, 5.74) is 0. The minimum Gasteiger partial charge on any atom is -0.378 e. The minimum atomic E-state index is 0. The van der Waals surface area contributed by atoms with Crippen LogP contribution in [0.2, 0.25) is 5.15 Å². The van der Waals surface area contributed by atoms with Crippen LogP contribution in [0, 0.1) is 0 Å². The fourth-order valence-electron chi connectivity index (χ4n) is 2.35. The van der Waals surface area contributed by atoms with Crippen molar-refractivity contribution in [1.29, 1.82) is 0 Å². The molecule has 0 atom stereocenters. The maximum Gasteiger partial charge on any atom is 0.228 e. The molecule has 0 unspecified atom stereocenters. The third kappa shape index (κ3) is 4.72. The highest BCUT2D eigenvalue weighted by Crippen LogP contribution is 2.21. The Morgan fingerprint density at radius 3 is 2.33 bits per heavy atom. The SMILES string of the molecule is Cl.Cl.Clc1cc(N2CCNCC2)nc(N2CCOCC2)n1. The number of anilines is 2. The number of hydrogen-bond donors (Lipinski definition) is 1. The van der Waals surface area contributed by atoms with E-state index in [1.165, 1.54) is 0 Å². The van der Waals surface area contributed by atoms with Crippen molar-refractivity contribution in [2.24, 2.45) is 0 Å². The first-order chi connectivity index (χ1) is 9.33. The first kappa shape index (κ1) is 18.5. The molecule has 0 aromatic carbocycles. The molecule has 120 valence electrons. The predicted molar refractivity (Wildman–Crippen MR) is 89.7 cm³/mol. The number of morpholine rings is 1. The third-order valence-corrected chi connectivity index (χ3v) is 3.60. The Kier molecular flexibility index (Phi) is 7.76. The van der Waals surface area contributed by atoms with Gasteiger partial charge in [0, 0.05) is 45.3 Å². The van der Waals surface area contributed by atoms with Crippen LogP contribution in [0.15, 0.2) is 6.07 Å². The molecule has 6 nitrogen and oxygen atoms in total. The Labute approximate surface area is 142 Å². The fourth-order valence-corrected chi connectivity index (χ4v) is 2.53. The van der Waals surface area contributed by atoms with E-state index in [1.807, 2.05) is 6.07 Å². The molecule has 0 bridgehead atoms. The molecule has 2 aliphatic rings. The maximum absolute atomic E-state index is 6.14. The maximum atomic E-state index is 6.14. The largest absolute Gasteiger partial charge is 0.378 e. The van der Waals surface area contributed by atoms with E-state index in [-0.39, 0.29) is 24.8 Å². The van der Waals surface area contributed by atoms with E-state index in [0.717, 1.165) is 58.3 Å². The second kappa shape index (κ2) is 8.80. The molecule has 0 radical (unpaired) electrons. The average Bonchev–Trinajstić information content (AvgIpc) is 2.48. The van der Waals surface area contributed by atoms with Crippen LogP contribution < -0.4 is 15.1 Å². The minimum absolute atomic E-state index is 0. The van der Waals surface area contributed by atoms with Crippen LogP contribution in [-0.2, 0) is 4.74 Å². The van der Waals surface area contributed by atoms with E-state index in [0.29, 0.717) is 11.1 Å². The van der Waals surface area contributed by atoms with Gasteiger partial charge in [0.2, 0.25) is 5.95 Å². The summed E-state index contributed by atoms with van der Waals surface area (Å²) >= 11 is 6.14. The Balaban J connectivity index is 0.00000110. The molecule has 1 aromatic heterocycles. The van der Waals surface area contributed by atoms with E-state index < -0.39 is 0 Å². The van der Waals surface area contributed by atoms with Gasteiger partial charge in [0.25, 0.3) is 0 Å². The Morgan fingerprint density at radius 1 is 1.00 bits per heavy atom. The lowest BCUT2D eigenvalue weighted by atomic mass is 10.3. The molecule has 0 spiro atoms. The van der Waals surface area contributed by atoms with Gasteiger partial charge in [-0.15, -0.1) is 24.8 Å². The summed E-state index contributed by atoms with van der Waals surface area (Å²) < 4.78 is 5.35. The summed E-state index contributed by atoms with van der Waals surface area (Å²) in [4.78, 5) is 13.4. The molecule has 0 amide bonds. The molecule has 1 N–H and O–H groups in total. The summed E-state index contributed by atoms with van der Waals surface area (Å²) in [6.07, 6.45) is 0. The van der Waals surface area contributed by atoms with Crippen molar-refractivity contribution < 1.29 is 4.74 Å². The molecule has 3 heterocycles. The average molecular weight is 357 g/mol. The molecule has 3 rings (SSSR count). The summed E-state index contributed by atoms with van der Waals surface area (Å²) in [6.45, 7) is 6.95. The van der Waals surface area contributed by atoms with Gasteiger partial charge >= 0.3 is 0 Å². The third-order valence-electron chi connectivity index (χ3n) is 3.40. The zero-order valence-corrected chi connectivity index (χ0v) is 14.0. The number of rotatable bonds is 2. The van der Waals surface area contributed by atoms with Crippen molar-refractivity contribution in [3.63, 3.8) is 0 Å². The second-order valence-electron chi connectivity index (χ2n) is 4.69. The lowest BCUT2D eigenvalue weighted by molar-refractivity contribution is 0.122. The normalized spacial score (nSPS) is 18.7. The number of ether oxygens (including phenoxy) is 1. The molecule has 2 saturated heterocycles. The zero-order valence-electron chi connectivity index (χ0n) is 11.6. The van der Waals surface area contributed by atoms with Crippen LogP contribution in [0.25, 0.3) is 0 Å². The monoisotopic (exact) mass is 355 g/mol. The lowest BCUT2D eigenvalue weighted by Crippen LogP contribution is -2.44. The topological polar surface area (TPSA) is 53.5 Å². The van der Waals surface area contributed by atoms with Crippen molar-refractivity contribution in [3.05, 3.63) is 11.2 Å². The first-order valence-electron chi connectivity index (χ1n) is 6.66. The molecular formula is C12H20Cl3N5O. The van der Waals surface area contributed by atoms with Crippen molar-refractivity contribution >= 4 is 48.2 Å². The van der Waals surface area contributed by atoms with E-state index in [1.54, 1.807) is 0 Å². The summed E-state index contributed by atoms with van der Waals surface area (Å²) in [5.74, 6) is 1.63. The summed E-state index contributed by atoms with van der Waals surface area (Å²) in [5, 5.41) is 3.84.